The van der Waals surface area contributed by atoms with Crippen LogP contribution in [0, 0.1) is 5.41 Å². The first kappa shape index (κ1) is 17.4. The number of rotatable bonds is 9. The molecule has 5 nitrogen and oxygen atoms in total. The number of sulfone groups is 1. The molecule has 1 atom stereocenters. The van der Waals surface area contributed by atoms with Crippen LogP contribution in [0.15, 0.2) is 0 Å². The molecule has 0 aliphatic carbocycles. The van der Waals surface area contributed by atoms with Crippen LogP contribution in [0.2, 0.25) is 0 Å². The van der Waals surface area contributed by atoms with E-state index in [1.54, 1.807) is 6.92 Å². The summed E-state index contributed by atoms with van der Waals surface area (Å²) >= 11 is 0. The quantitative estimate of drug-likeness (QED) is 0.639. The zero-order chi connectivity index (χ0) is 14.2. The van der Waals surface area contributed by atoms with Gasteiger partial charge in [0.15, 0.2) is 0 Å². The topological polar surface area (TPSA) is 86.5 Å². The number of nitrogens with two attached hydrogens (primary N) is 1. The van der Waals surface area contributed by atoms with Crippen molar-refractivity contribution in [3.05, 3.63) is 0 Å². The van der Waals surface area contributed by atoms with Crippen molar-refractivity contribution in [1.29, 1.82) is 0 Å². The van der Waals surface area contributed by atoms with Crippen LogP contribution >= 0.6 is 0 Å². The summed E-state index contributed by atoms with van der Waals surface area (Å²) < 4.78 is 27.3. The van der Waals surface area contributed by atoms with E-state index in [-0.39, 0.29) is 18.3 Å². The first-order chi connectivity index (χ1) is 8.31. The van der Waals surface area contributed by atoms with Gasteiger partial charge in [-0.1, -0.05) is 13.3 Å². The number of hydrogen-bond donors (Lipinski definition) is 1. The number of esters is 1. The van der Waals surface area contributed by atoms with E-state index < -0.39 is 15.3 Å². The number of carbonyl (C=O) groups excluding carboxylic acids is 1. The second-order valence-corrected chi connectivity index (χ2v) is 6.95. The Morgan fingerprint density at radius 3 is 2.28 bits per heavy atom. The van der Waals surface area contributed by atoms with E-state index in [1.165, 1.54) is 6.26 Å². The van der Waals surface area contributed by atoms with Crippen LogP contribution < -0.4 is 5.73 Å². The zero-order valence-electron chi connectivity index (χ0n) is 11.6. The minimum atomic E-state index is -3.00. The summed E-state index contributed by atoms with van der Waals surface area (Å²) in [4.78, 5) is 12.0. The summed E-state index contributed by atoms with van der Waals surface area (Å²) in [5, 5.41) is 0. The van der Waals surface area contributed by atoms with Gasteiger partial charge >= 0.3 is 5.97 Å². The van der Waals surface area contributed by atoms with Crippen LogP contribution in [0.25, 0.3) is 0 Å². The van der Waals surface area contributed by atoms with Crippen molar-refractivity contribution in [2.24, 2.45) is 11.1 Å². The van der Waals surface area contributed by atoms with E-state index in [0.717, 1.165) is 6.42 Å². The fraction of sp³-hybridized carbons (Fsp3) is 0.917. The molecule has 0 heterocycles. The van der Waals surface area contributed by atoms with Gasteiger partial charge < -0.3 is 10.5 Å². The Balaban J connectivity index is 4.70. The van der Waals surface area contributed by atoms with Crippen molar-refractivity contribution in [3.8, 4) is 0 Å². The summed E-state index contributed by atoms with van der Waals surface area (Å²) in [6.07, 6.45) is 3.54. The van der Waals surface area contributed by atoms with Crippen molar-refractivity contribution < 1.29 is 17.9 Å². The minimum absolute atomic E-state index is 0.0812. The zero-order valence-corrected chi connectivity index (χ0v) is 12.4. The summed E-state index contributed by atoms with van der Waals surface area (Å²) in [5.41, 5.74) is 5.00. The van der Waals surface area contributed by atoms with Gasteiger partial charge in [-0.15, -0.1) is 0 Å². The third-order valence-electron chi connectivity index (χ3n) is 3.00. The van der Waals surface area contributed by atoms with Crippen LogP contribution in [0.5, 0.6) is 0 Å². The number of hydrogen-bond acceptors (Lipinski definition) is 5. The summed E-state index contributed by atoms with van der Waals surface area (Å²) in [7, 11) is -3.00. The van der Waals surface area contributed by atoms with Gasteiger partial charge in [0, 0.05) is 18.6 Å². The molecule has 0 saturated carbocycles. The fourth-order valence-corrected chi connectivity index (χ4v) is 2.72. The van der Waals surface area contributed by atoms with Crippen molar-refractivity contribution in [2.75, 3.05) is 25.2 Å². The van der Waals surface area contributed by atoms with Gasteiger partial charge in [0.1, 0.15) is 9.84 Å². The molecule has 0 amide bonds. The van der Waals surface area contributed by atoms with Gasteiger partial charge in [0.05, 0.1) is 12.0 Å². The molecule has 6 heteroatoms. The molecule has 18 heavy (non-hydrogen) atoms. The minimum Gasteiger partial charge on any atom is -0.466 e. The maximum Gasteiger partial charge on any atom is 0.313 e. The fourth-order valence-electron chi connectivity index (χ4n) is 2.05. The van der Waals surface area contributed by atoms with Crippen LogP contribution in [-0.2, 0) is 19.4 Å². The van der Waals surface area contributed by atoms with E-state index >= 15 is 0 Å². The van der Waals surface area contributed by atoms with Crippen LogP contribution in [0.3, 0.4) is 0 Å². The summed E-state index contributed by atoms with van der Waals surface area (Å²) in [6, 6.07) is 0. The predicted molar refractivity (Wildman–Crippen MR) is 72.0 cm³/mol. The maximum absolute atomic E-state index is 12.0. The highest BCUT2D eigenvalue weighted by Gasteiger charge is 2.37. The van der Waals surface area contributed by atoms with Gasteiger partial charge in [-0.25, -0.2) is 8.42 Å². The molecule has 1 unspecified atom stereocenters. The van der Waals surface area contributed by atoms with Crippen LogP contribution in [-0.4, -0.2) is 39.5 Å². The largest absolute Gasteiger partial charge is 0.466 e. The average Bonchev–Trinajstić information content (AvgIpc) is 2.26. The molecule has 0 spiro atoms. The molecular formula is C12H25NO4S. The molecular weight excluding hydrogens is 254 g/mol. The Labute approximate surface area is 110 Å². The molecule has 0 radical (unpaired) electrons. The molecule has 0 saturated heterocycles. The summed E-state index contributed by atoms with van der Waals surface area (Å²) in [6.45, 7) is 4.24. The second-order valence-electron chi connectivity index (χ2n) is 4.69. The van der Waals surface area contributed by atoms with E-state index in [0.29, 0.717) is 25.9 Å². The third-order valence-corrected chi connectivity index (χ3v) is 4.03. The first-order valence-electron chi connectivity index (χ1n) is 6.36. The lowest BCUT2D eigenvalue weighted by Crippen LogP contribution is -2.40. The van der Waals surface area contributed by atoms with Gasteiger partial charge in [-0.3, -0.25) is 4.79 Å². The molecule has 0 rings (SSSR count). The second kappa shape index (κ2) is 7.74. The number of ether oxygens (including phenoxy) is 1. The molecule has 0 aliphatic rings. The molecule has 0 aliphatic heterocycles. The lowest BCUT2D eigenvalue weighted by atomic mass is 9.79. The molecule has 0 aromatic heterocycles. The van der Waals surface area contributed by atoms with E-state index in [9.17, 15) is 13.2 Å². The third kappa shape index (κ3) is 5.82. The number of carbonyl (C=O) groups is 1. The van der Waals surface area contributed by atoms with Crippen molar-refractivity contribution in [1.82, 2.24) is 0 Å². The van der Waals surface area contributed by atoms with Gasteiger partial charge in [0.2, 0.25) is 0 Å². The SMILES string of the molecule is CCCC(CN)(CCCS(C)(=O)=O)C(=O)OCC. The van der Waals surface area contributed by atoms with Crippen molar-refractivity contribution in [2.45, 2.75) is 39.5 Å². The van der Waals surface area contributed by atoms with E-state index in [4.69, 9.17) is 10.5 Å². The van der Waals surface area contributed by atoms with E-state index in [1.807, 2.05) is 6.92 Å². The van der Waals surface area contributed by atoms with Crippen molar-refractivity contribution in [3.63, 3.8) is 0 Å². The Morgan fingerprint density at radius 2 is 1.89 bits per heavy atom. The monoisotopic (exact) mass is 279 g/mol. The van der Waals surface area contributed by atoms with E-state index in [2.05, 4.69) is 0 Å². The summed E-state index contributed by atoms with van der Waals surface area (Å²) in [5.74, 6) is -0.222. The van der Waals surface area contributed by atoms with Crippen LogP contribution in [0.4, 0.5) is 0 Å². The molecule has 108 valence electrons. The van der Waals surface area contributed by atoms with Crippen molar-refractivity contribution >= 4 is 15.8 Å². The molecule has 0 aromatic rings. The Kier molecular flexibility index (Phi) is 7.47. The van der Waals surface area contributed by atoms with Gasteiger partial charge in [-0.05, 0) is 26.2 Å². The van der Waals surface area contributed by atoms with Gasteiger partial charge in [-0.2, -0.15) is 0 Å². The highest BCUT2D eigenvalue weighted by atomic mass is 32.2. The first-order valence-corrected chi connectivity index (χ1v) is 8.42. The Morgan fingerprint density at radius 1 is 1.28 bits per heavy atom. The highest BCUT2D eigenvalue weighted by molar-refractivity contribution is 7.90. The molecule has 0 bridgehead atoms. The normalized spacial score (nSPS) is 15.1. The molecule has 2 N–H and O–H groups in total. The maximum atomic E-state index is 12.0. The lowest BCUT2D eigenvalue weighted by Gasteiger charge is -2.29. The molecule has 0 aromatic carbocycles. The predicted octanol–water partition coefficient (Wildman–Crippen LogP) is 1.12. The highest BCUT2D eigenvalue weighted by Crippen LogP contribution is 2.30. The van der Waals surface area contributed by atoms with Gasteiger partial charge in [0.25, 0.3) is 0 Å². The average molecular weight is 279 g/mol. The van der Waals surface area contributed by atoms with Crippen LogP contribution in [0.1, 0.15) is 39.5 Å². The molecule has 0 fully saturated rings. The standard InChI is InChI=1S/C12H25NO4S/c1-4-7-12(10-13,11(14)17-5-2)8-6-9-18(3,15)16/h4-10,13H2,1-3H3. The Bertz CT molecular complexity index is 353. The Hall–Kier alpha value is -0.620. The lowest BCUT2D eigenvalue weighted by molar-refractivity contribution is -0.156. The smallest absolute Gasteiger partial charge is 0.313 e.